The number of fused-ring (bicyclic) bond motifs is 1. The predicted octanol–water partition coefficient (Wildman–Crippen LogP) is 4.26. The molecule has 5 atom stereocenters. The molecular weight excluding hydrogens is 533 g/mol. The highest BCUT2D eigenvalue weighted by atomic mass is 35.5. The SMILES string of the molecule is C[C@@H](OC1CCC2NNC(c3ccc(N4CC5(CCS(=O)(=O)CC5)C4)nc3)C2C1)c1c(Cl)cncc1Cl. The summed E-state index contributed by atoms with van der Waals surface area (Å²) in [6.45, 7) is 3.79. The van der Waals surface area contributed by atoms with E-state index in [4.69, 9.17) is 32.9 Å². The molecule has 11 heteroatoms. The Balaban J connectivity index is 1.08. The maximum atomic E-state index is 11.8. The molecular formula is C26H33Cl2N5O3S. The number of rotatable bonds is 5. The Bertz CT molecular complexity index is 1220. The van der Waals surface area contributed by atoms with Crippen LogP contribution in [0.5, 0.6) is 0 Å². The lowest BCUT2D eigenvalue weighted by Gasteiger charge is -2.52. The van der Waals surface area contributed by atoms with Gasteiger partial charge in [-0.25, -0.2) is 18.8 Å². The highest BCUT2D eigenvalue weighted by Gasteiger charge is 2.47. The van der Waals surface area contributed by atoms with Crippen LogP contribution in [0.2, 0.25) is 10.0 Å². The molecule has 4 fully saturated rings. The van der Waals surface area contributed by atoms with Crippen molar-refractivity contribution in [2.45, 2.75) is 63.3 Å². The highest BCUT2D eigenvalue weighted by Crippen LogP contribution is 2.44. The Kier molecular flexibility index (Phi) is 6.91. The number of halogens is 2. The Morgan fingerprint density at radius 1 is 1.08 bits per heavy atom. The third kappa shape index (κ3) is 5.11. The fourth-order valence-electron chi connectivity index (χ4n) is 6.62. The zero-order valence-corrected chi connectivity index (χ0v) is 23.2. The lowest BCUT2D eigenvalue weighted by atomic mass is 9.75. The standard InChI is InChI=1S/C26H33Cl2N5O3S/c1-16(24-20(27)12-29-13-21(24)28)36-18-3-4-22-19(10-18)25(32-31-22)17-2-5-23(30-11-17)33-14-26(15-33)6-8-37(34,35)9-7-26/h2,5,11-13,16,18-19,22,25,31-32H,3-4,6-10,14-15H2,1H3/t16-,18?,19?,22?,25?/m1/s1. The van der Waals surface area contributed by atoms with Gasteiger partial charge in [0.25, 0.3) is 0 Å². The van der Waals surface area contributed by atoms with Crippen LogP contribution in [-0.2, 0) is 14.6 Å². The second-order valence-electron chi connectivity index (χ2n) is 11.2. The molecule has 4 unspecified atom stereocenters. The van der Waals surface area contributed by atoms with Crippen LogP contribution in [0.25, 0.3) is 0 Å². The van der Waals surface area contributed by atoms with Gasteiger partial charge in [0.15, 0.2) is 0 Å². The first-order valence-electron chi connectivity index (χ1n) is 13.1. The van der Waals surface area contributed by atoms with Gasteiger partial charge in [-0.05, 0) is 56.6 Å². The maximum Gasteiger partial charge on any atom is 0.150 e. The number of anilines is 1. The monoisotopic (exact) mass is 565 g/mol. The summed E-state index contributed by atoms with van der Waals surface area (Å²) in [5.74, 6) is 2.00. The smallest absolute Gasteiger partial charge is 0.150 e. The van der Waals surface area contributed by atoms with Gasteiger partial charge >= 0.3 is 0 Å². The number of aromatic nitrogens is 2. The van der Waals surface area contributed by atoms with Gasteiger partial charge in [-0.15, -0.1) is 0 Å². The average molecular weight is 567 g/mol. The number of hydrogen-bond donors (Lipinski definition) is 2. The molecule has 0 radical (unpaired) electrons. The number of nitrogens with one attached hydrogen (secondary N) is 2. The second kappa shape index (κ2) is 9.92. The minimum atomic E-state index is -2.84. The lowest BCUT2D eigenvalue weighted by molar-refractivity contribution is -0.0370. The number of ether oxygens (including phenoxy) is 1. The van der Waals surface area contributed by atoms with Gasteiger partial charge in [0, 0.05) is 48.7 Å². The van der Waals surface area contributed by atoms with Gasteiger partial charge in [0.2, 0.25) is 0 Å². The van der Waals surface area contributed by atoms with Crippen molar-refractivity contribution in [1.29, 1.82) is 0 Å². The molecule has 0 bridgehead atoms. The normalized spacial score (nSPS) is 31.1. The molecule has 3 aliphatic heterocycles. The van der Waals surface area contributed by atoms with Crippen molar-refractivity contribution in [2.75, 3.05) is 29.5 Å². The zero-order valence-electron chi connectivity index (χ0n) is 20.9. The molecule has 1 saturated carbocycles. The molecule has 3 saturated heterocycles. The number of sulfone groups is 1. The van der Waals surface area contributed by atoms with Crippen molar-refractivity contribution in [1.82, 2.24) is 20.8 Å². The van der Waals surface area contributed by atoms with E-state index < -0.39 is 9.84 Å². The molecule has 0 amide bonds. The van der Waals surface area contributed by atoms with Crippen molar-refractivity contribution in [3.8, 4) is 0 Å². The molecule has 1 spiro atoms. The van der Waals surface area contributed by atoms with E-state index in [1.807, 2.05) is 13.1 Å². The first-order valence-corrected chi connectivity index (χ1v) is 15.7. The quantitative estimate of drug-likeness (QED) is 0.555. The van der Waals surface area contributed by atoms with Crippen molar-refractivity contribution in [3.05, 3.63) is 51.9 Å². The van der Waals surface area contributed by atoms with E-state index in [1.54, 1.807) is 12.4 Å². The largest absolute Gasteiger partial charge is 0.370 e. The first kappa shape index (κ1) is 25.8. The molecule has 5 heterocycles. The molecule has 8 nitrogen and oxygen atoms in total. The van der Waals surface area contributed by atoms with Gasteiger partial charge in [-0.3, -0.25) is 10.4 Å². The highest BCUT2D eigenvalue weighted by molar-refractivity contribution is 7.91. The zero-order chi connectivity index (χ0) is 25.8. The van der Waals surface area contributed by atoms with Crippen molar-refractivity contribution in [3.63, 3.8) is 0 Å². The maximum absolute atomic E-state index is 11.8. The molecule has 200 valence electrons. The minimum absolute atomic E-state index is 0.115. The van der Waals surface area contributed by atoms with Gasteiger partial charge < -0.3 is 9.64 Å². The topological polar surface area (TPSA) is 96.5 Å². The van der Waals surface area contributed by atoms with E-state index in [0.717, 1.165) is 62.1 Å². The fourth-order valence-corrected chi connectivity index (χ4v) is 8.98. The van der Waals surface area contributed by atoms with Crippen LogP contribution < -0.4 is 15.8 Å². The Morgan fingerprint density at radius 3 is 2.49 bits per heavy atom. The van der Waals surface area contributed by atoms with Crippen LogP contribution in [0, 0.1) is 11.3 Å². The minimum Gasteiger partial charge on any atom is -0.370 e. The predicted molar refractivity (Wildman–Crippen MR) is 144 cm³/mol. The number of pyridine rings is 2. The van der Waals surface area contributed by atoms with Crippen LogP contribution >= 0.6 is 23.2 Å². The Hall–Kier alpha value is -1.49. The summed E-state index contributed by atoms with van der Waals surface area (Å²) in [5, 5.41) is 1.06. The Labute approximate surface area is 228 Å². The third-order valence-corrected chi connectivity index (χ3v) is 11.0. The van der Waals surface area contributed by atoms with Gasteiger partial charge in [0.1, 0.15) is 15.7 Å². The number of nitrogens with zero attached hydrogens (tertiary/aromatic N) is 3. The third-order valence-electron chi connectivity index (χ3n) is 8.79. The molecule has 4 aliphatic rings. The van der Waals surface area contributed by atoms with E-state index in [0.29, 0.717) is 33.5 Å². The summed E-state index contributed by atoms with van der Waals surface area (Å²) in [4.78, 5) is 11.1. The number of hydrogen-bond acceptors (Lipinski definition) is 8. The van der Waals surface area contributed by atoms with Crippen LogP contribution in [0.15, 0.2) is 30.7 Å². The van der Waals surface area contributed by atoms with Crippen LogP contribution in [-0.4, -0.2) is 55.1 Å². The second-order valence-corrected chi connectivity index (χ2v) is 14.3. The Morgan fingerprint density at radius 2 is 1.81 bits per heavy atom. The summed E-state index contributed by atoms with van der Waals surface area (Å²) in [5.41, 5.74) is 9.10. The summed E-state index contributed by atoms with van der Waals surface area (Å²) >= 11 is 12.7. The molecule has 37 heavy (non-hydrogen) atoms. The summed E-state index contributed by atoms with van der Waals surface area (Å²) in [6, 6.07) is 4.82. The van der Waals surface area contributed by atoms with E-state index in [2.05, 4.69) is 32.9 Å². The van der Waals surface area contributed by atoms with Crippen LogP contribution in [0.4, 0.5) is 5.82 Å². The van der Waals surface area contributed by atoms with E-state index in [-0.39, 0.29) is 23.7 Å². The van der Waals surface area contributed by atoms with E-state index in [9.17, 15) is 8.42 Å². The van der Waals surface area contributed by atoms with Gasteiger partial charge in [0.05, 0.1) is 39.8 Å². The van der Waals surface area contributed by atoms with Crippen LogP contribution in [0.1, 0.15) is 62.3 Å². The summed E-state index contributed by atoms with van der Waals surface area (Å²) < 4.78 is 30.1. The van der Waals surface area contributed by atoms with E-state index >= 15 is 0 Å². The van der Waals surface area contributed by atoms with Gasteiger partial charge in [-0.2, -0.15) is 0 Å². The molecule has 0 aromatic carbocycles. The summed E-state index contributed by atoms with van der Waals surface area (Å²) in [7, 11) is -2.84. The molecule has 1 aliphatic carbocycles. The van der Waals surface area contributed by atoms with Crippen molar-refractivity contribution >= 4 is 38.9 Å². The van der Waals surface area contributed by atoms with Crippen molar-refractivity contribution in [2.24, 2.45) is 11.3 Å². The first-order chi connectivity index (χ1) is 17.7. The molecule has 2 N–H and O–H groups in total. The van der Waals surface area contributed by atoms with E-state index in [1.165, 1.54) is 0 Å². The molecule has 2 aromatic rings. The van der Waals surface area contributed by atoms with Crippen molar-refractivity contribution < 1.29 is 13.2 Å². The molecule has 2 aromatic heterocycles. The number of hydrazine groups is 1. The lowest BCUT2D eigenvalue weighted by Crippen LogP contribution is -2.59. The summed E-state index contributed by atoms with van der Waals surface area (Å²) in [6.07, 6.45) is 9.57. The van der Waals surface area contributed by atoms with Gasteiger partial charge in [-0.1, -0.05) is 29.3 Å². The fraction of sp³-hybridized carbons (Fsp3) is 0.615. The molecule has 6 rings (SSSR count). The average Bonchev–Trinajstić information content (AvgIpc) is 3.26. The van der Waals surface area contributed by atoms with Crippen LogP contribution in [0.3, 0.4) is 0 Å².